The molecule has 2 bridgehead atoms. The minimum absolute atomic E-state index is 0. The van der Waals surface area contributed by atoms with Crippen molar-refractivity contribution in [2.75, 3.05) is 26.2 Å². The van der Waals surface area contributed by atoms with Crippen LogP contribution in [-0.4, -0.2) is 41.8 Å². The van der Waals surface area contributed by atoms with Gasteiger partial charge in [-0.25, -0.2) is 0 Å². The Morgan fingerprint density at radius 1 is 0.962 bits per heavy atom. The van der Waals surface area contributed by atoms with Crippen LogP contribution in [0.15, 0.2) is 54.6 Å². The molecule has 3 heterocycles. The molecule has 3 aliphatic heterocycles. The van der Waals surface area contributed by atoms with Gasteiger partial charge in [-0.15, -0.1) is 12.4 Å². The second-order valence-electron chi connectivity index (χ2n) is 7.26. The Hall–Kier alpha value is -1.81. The maximum Gasteiger partial charge on any atom is 0.119 e. The van der Waals surface area contributed by atoms with E-state index in [1.165, 1.54) is 5.56 Å². The van der Waals surface area contributed by atoms with Crippen molar-refractivity contribution in [2.45, 2.75) is 18.4 Å². The Morgan fingerprint density at radius 3 is 2.15 bits per heavy atom. The predicted octanol–water partition coefficient (Wildman–Crippen LogP) is 4.11. The molecule has 3 aliphatic rings. The van der Waals surface area contributed by atoms with Crippen LogP contribution in [0.5, 0.6) is 5.75 Å². The lowest BCUT2D eigenvalue weighted by Crippen LogP contribution is -2.61. The monoisotopic (exact) mass is 371 g/mol. The van der Waals surface area contributed by atoms with Gasteiger partial charge in [0.2, 0.25) is 0 Å². The molecule has 1 atom stereocenters. The molecule has 4 heteroatoms. The van der Waals surface area contributed by atoms with E-state index < -0.39 is 5.60 Å². The second kappa shape index (κ2) is 8.26. The first-order valence-corrected chi connectivity index (χ1v) is 9.12. The SMILES string of the molecule is Cl.OC1(COc2ccc(C=Cc3ccccc3)cc2)CN2CCC1CC2. The summed E-state index contributed by atoms with van der Waals surface area (Å²) in [6, 6.07) is 18.3. The first-order valence-electron chi connectivity index (χ1n) is 9.12. The van der Waals surface area contributed by atoms with E-state index in [-0.39, 0.29) is 12.4 Å². The molecule has 138 valence electrons. The minimum atomic E-state index is -0.692. The van der Waals surface area contributed by atoms with E-state index in [9.17, 15) is 5.11 Å². The van der Waals surface area contributed by atoms with Crippen LogP contribution in [0.3, 0.4) is 0 Å². The minimum Gasteiger partial charge on any atom is -0.491 e. The Labute approximate surface area is 161 Å². The summed E-state index contributed by atoms with van der Waals surface area (Å²) >= 11 is 0. The van der Waals surface area contributed by atoms with Crippen molar-refractivity contribution in [3.8, 4) is 5.75 Å². The van der Waals surface area contributed by atoms with Gasteiger partial charge in [-0.05, 0) is 55.1 Å². The summed E-state index contributed by atoms with van der Waals surface area (Å²) in [5.41, 5.74) is 1.63. The molecular weight excluding hydrogens is 346 g/mol. The van der Waals surface area contributed by atoms with E-state index in [1.54, 1.807) is 0 Å². The van der Waals surface area contributed by atoms with Crippen LogP contribution >= 0.6 is 12.4 Å². The van der Waals surface area contributed by atoms with Gasteiger partial charge in [0.05, 0.1) is 0 Å². The molecule has 26 heavy (non-hydrogen) atoms. The molecule has 0 spiro atoms. The van der Waals surface area contributed by atoms with Crippen LogP contribution < -0.4 is 4.74 Å². The largest absolute Gasteiger partial charge is 0.491 e. The maximum atomic E-state index is 10.9. The standard InChI is InChI=1S/C22H25NO2.ClH/c24-22(16-23-14-12-20(22)13-15-23)17-25-21-10-8-19(9-11-21)7-6-18-4-2-1-3-5-18;/h1-11,20,24H,12-17H2;1H. The molecule has 3 nitrogen and oxygen atoms in total. The third-order valence-corrected chi connectivity index (χ3v) is 5.48. The molecule has 2 aromatic rings. The van der Waals surface area contributed by atoms with Gasteiger partial charge in [0.1, 0.15) is 18.0 Å². The highest BCUT2D eigenvalue weighted by Crippen LogP contribution is 2.36. The van der Waals surface area contributed by atoms with E-state index in [0.717, 1.165) is 43.8 Å². The quantitative estimate of drug-likeness (QED) is 0.803. The third-order valence-electron chi connectivity index (χ3n) is 5.48. The fourth-order valence-corrected chi connectivity index (χ4v) is 3.95. The fourth-order valence-electron chi connectivity index (χ4n) is 3.95. The van der Waals surface area contributed by atoms with Crippen molar-refractivity contribution in [1.29, 1.82) is 0 Å². The molecule has 3 fully saturated rings. The molecule has 5 rings (SSSR count). The van der Waals surface area contributed by atoms with Gasteiger partial charge in [0, 0.05) is 6.54 Å². The summed E-state index contributed by atoms with van der Waals surface area (Å²) in [7, 11) is 0. The van der Waals surface area contributed by atoms with E-state index in [0.29, 0.717) is 12.5 Å². The number of nitrogens with zero attached hydrogens (tertiary/aromatic N) is 1. The number of aliphatic hydroxyl groups is 1. The van der Waals surface area contributed by atoms with Gasteiger partial charge in [0.25, 0.3) is 0 Å². The summed E-state index contributed by atoms with van der Waals surface area (Å²) < 4.78 is 5.92. The lowest BCUT2D eigenvalue weighted by molar-refractivity contribution is -0.131. The number of hydrogen-bond acceptors (Lipinski definition) is 3. The zero-order chi connectivity index (χ0) is 17.1. The van der Waals surface area contributed by atoms with E-state index in [1.807, 2.05) is 30.3 Å². The fraction of sp³-hybridized carbons (Fsp3) is 0.364. The second-order valence-corrected chi connectivity index (χ2v) is 7.26. The Kier molecular flexibility index (Phi) is 6.02. The smallest absolute Gasteiger partial charge is 0.119 e. The molecule has 1 N–H and O–H groups in total. The van der Waals surface area contributed by atoms with Gasteiger partial charge in [-0.1, -0.05) is 54.6 Å². The summed E-state index contributed by atoms with van der Waals surface area (Å²) in [5, 5.41) is 10.9. The highest BCUT2D eigenvalue weighted by Gasteiger charge is 2.45. The van der Waals surface area contributed by atoms with Crippen LogP contribution in [-0.2, 0) is 0 Å². The first-order chi connectivity index (χ1) is 12.2. The third kappa shape index (κ3) is 4.29. The molecule has 0 saturated carbocycles. The van der Waals surface area contributed by atoms with Crippen molar-refractivity contribution in [1.82, 2.24) is 4.90 Å². The summed E-state index contributed by atoms with van der Waals surface area (Å²) in [4.78, 5) is 2.35. The van der Waals surface area contributed by atoms with Crippen LogP contribution in [0, 0.1) is 5.92 Å². The molecular formula is C22H26ClNO2. The van der Waals surface area contributed by atoms with Gasteiger partial charge in [0.15, 0.2) is 0 Å². The lowest BCUT2D eigenvalue weighted by Gasteiger charge is -2.49. The molecule has 0 amide bonds. The molecule has 0 radical (unpaired) electrons. The van der Waals surface area contributed by atoms with Crippen molar-refractivity contribution < 1.29 is 9.84 Å². The Balaban J connectivity index is 0.00000196. The van der Waals surface area contributed by atoms with Gasteiger partial charge in [-0.2, -0.15) is 0 Å². The Morgan fingerprint density at radius 2 is 1.58 bits per heavy atom. The zero-order valence-electron chi connectivity index (χ0n) is 14.9. The van der Waals surface area contributed by atoms with Gasteiger partial charge < -0.3 is 14.7 Å². The normalized spacial score (nSPS) is 27.3. The number of fused-ring (bicyclic) bond motifs is 3. The topological polar surface area (TPSA) is 32.7 Å². The molecule has 1 unspecified atom stereocenters. The Bertz CT molecular complexity index is 724. The van der Waals surface area contributed by atoms with Crippen molar-refractivity contribution in [2.24, 2.45) is 5.92 Å². The number of benzene rings is 2. The summed E-state index contributed by atoms with van der Waals surface area (Å²) in [6.07, 6.45) is 6.37. The number of hydrogen-bond donors (Lipinski definition) is 1. The van der Waals surface area contributed by atoms with Gasteiger partial charge >= 0.3 is 0 Å². The van der Waals surface area contributed by atoms with E-state index in [2.05, 4.69) is 41.3 Å². The van der Waals surface area contributed by atoms with E-state index in [4.69, 9.17) is 4.74 Å². The van der Waals surface area contributed by atoms with E-state index >= 15 is 0 Å². The maximum absolute atomic E-state index is 10.9. The van der Waals surface area contributed by atoms with Crippen LogP contribution in [0.2, 0.25) is 0 Å². The highest BCUT2D eigenvalue weighted by atomic mass is 35.5. The molecule has 0 aromatic heterocycles. The number of piperidine rings is 3. The number of halogens is 1. The van der Waals surface area contributed by atoms with Crippen molar-refractivity contribution in [3.63, 3.8) is 0 Å². The molecule has 3 saturated heterocycles. The van der Waals surface area contributed by atoms with Crippen LogP contribution in [0.1, 0.15) is 24.0 Å². The number of rotatable bonds is 5. The average molecular weight is 372 g/mol. The van der Waals surface area contributed by atoms with Gasteiger partial charge in [-0.3, -0.25) is 0 Å². The first kappa shape index (κ1) is 19.0. The zero-order valence-corrected chi connectivity index (χ0v) is 15.7. The van der Waals surface area contributed by atoms with Crippen LogP contribution in [0.25, 0.3) is 12.2 Å². The highest BCUT2D eigenvalue weighted by molar-refractivity contribution is 5.85. The van der Waals surface area contributed by atoms with Crippen molar-refractivity contribution in [3.05, 3.63) is 65.7 Å². The molecule has 0 aliphatic carbocycles. The lowest BCUT2D eigenvalue weighted by atomic mass is 9.76. The number of ether oxygens (including phenoxy) is 1. The van der Waals surface area contributed by atoms with Crippen molar-refractivity contribution >= 4 is 24.6 Å². The predicted molar refractivity (Wildman–Crippen MR) is 109 cm³/mol. The summed E-state index contributed by atoms with van der Waals surface area (Å²) in [5.74, 6) is 1.20. The average Bonchev–Trinajstić information content (AvgIpc) is 2.67. The van der Waals surface area contributed by atoms with Crippen LogP contribution in [0.4, 0.5) is 0 Å². The summed E-state index contributed by atoms with van der Waals surface area (Å²) in [6.45, 7) is 3.37. The molecule has 2 aromatic carbocycles.